The van der Waals surface area contributed by atoms with Gasteiger partial charge in [0.15, 0.2) is 0 Å². The monoisotopic (exact) mass is 224 g/mol. The van der Waals surface area contributed by atoms with Crippen molar-refractivity contribution in [3.05, 3.63) is 33.8 Å². The molecule has 0 atom stereocenters. The van der Waals surface area contributed by atoms with Crippen LogP contribution in [0.5, 0.6) is 0 Å². The number of rotatable bonds is 0. The Hall–Kier alpha value is -0.521. The van der Waals surface area contributed by atoms with Crippen LogP contribution in [0.4, 0.5) is 0 Å². The third-order valence-corrected chi connectivity index (χ3v) is 4.76. The van der Waals surface area contributed by atoms with Crippen molar-refractivity contribution in [2.45, 2.75) is 20.8 Å². The Balaban J connectivity index is 2.94. The second kappa shape index (κ2) is 2.76. The van der Waals surface area contributed by atoms with E-state index in [4.69, 9.17) is 0 Å². The van der Waals surface area contributed by atoms with Crippen molar-refractivity contribution in [2.75, 3.05) is 0 Å². The van der Waals surface area contributed by atoms with Crippen molar-refractivity contribution < 1.29 is 0 Å². The van der Waals surface area contributed by atoms with Gasteiger partial charge in [0.25, 0.3) is 0 Å². The van der Waals surface area contributed by atoms with Gasteiger partial charge < -0.3 is 0 Å². The molecule has 0 N–H and O–H groups in total. The molecule has 0 fully saturated rings. The number of benzene rings is 1. The Morgan fingerprint density at radius 1 is 1.08 bits per heavy atom. The quantitative estimate of drug-likeness (QED) is 0.602. The van der Waals surface area contributed by atoms with Crippen LogP contribution in [-0.2, 0) is 0 Å². The fourth-order valence-electron chi connectivity index (χ4n) is 1.55. The molecule has 12 heavy (non-hydrogen) atoms. The summed E-state index contributed by atoms with van der Waals surface area (Å²) >= 11 is 0.595. The predicted octanol–water partition coefficient (Wildman–Crippen LogP) is 2.82. The molecule has 0 radical (unpaired) electrons. The average molecular weight is 223 g/mol. The Labute approximate surface area is 79.0 Å². The first-order chi connectivity index (χ1) is 5.70. The summed E-state index contributed by atoms with van der Waals surface area (Å²) < 4.78 is 1.59. The zero-order chi connectivity index (χ0) is 8.72. The summed E-state index contributed by atoms with van der Waals surface area (Å²) in [6.45, 7) is 6.66. The second-order valence-corrected chi connectivity index (χ2v) is 5.20. The van der Waals surface area contributed by atoms with E-state index in [0.29, 0.717) is 14.5 Å². The van der Waals surface area contributed by atoms with Crippen molar-refractivity contribution >= 4 is 24.1 Å². The fourth-order valence-corrected chi connectivity index (χ4v) is 3.53. The molecule has 2 rings (SSSR count). The molecular formula is C11H12Se. The van der Waals surface area contributed by atoms with E-state index >= 15 is 0 Å². The van der Waals surface area contributed by atoms with E-state index < -0.39 is 0 Å². The van der Waals surface area contributed by atoms with E-state index in [2.05, 4.69) is 37.8 Å². The van der Waals surface area contributed by atoms with E-state index in [1.54, 1.807) is 4.26 Å². The fraction of sp³-hybridized carbons (Fsp3) is 0.273. The van der Waals surface area contributed by atoms with E-state index in [9.17, 15) is 0 Å². The molecule has 2 aromatic rings. The van der Waals surface area contributed by atoms with Crippen LogP contribution in [0.2, 0.25) is 0 Å². The van der Waals surface area contributed by atoms with Gasteiger partial charge in [-0.1, -0.05) is 0 Å². The molecule has 0 aliphatic carbocycles. The SMILES string of the molecule is Cc1cc2cc[se]c2c(C)c1C. The second-order valence-electron chi connectivity index (χ2n) is 3.28. The molecule has 1 heterocycles. The van der Waals surface area contributed by atoms with E-state index in [0.717, 1.165) is 0 Å². The molecule has 1 heteroatoms. The van der Waals surface area contributed by atoms with E-state index in [1.165, 1.54) is 22.1 Å². The predicted molar refractivity (Wildman–Crippen MR) is 55.1 cm³/mol. The van der Waals surface area contributed by atoms with Gasteiger partial charge in [0.1, 0.15) is 0 Å². The average Bonchev–Trinajstić information content (AvgIpc) is 2.48. The molecule has 62 valence electrons. The maximum atomic E-state index is 2.31. The van der Waals surface area contributed by atoms with Crippen LogP contribution >= 0.6 is 0 Å². The molecule has 0 aliphatic heterocycles. The number of hydrogen-bond donors (Lipinski definition) is 0. The van der Waals surface area contributed by atoms with Gasteiger partial charge in [-0.3, -0.25) is 0 Å². The van der Waals surface area contributed by atoms with Crippen LogP contribution < -0.4 is 0 Å². The Morgan fingerprint density at radius 3 is 2.58 bits per heavy atom. The third kappa shape index (κ3) is 1.05. The Kier molecular flexibility index (Phi) is 1.86. The van der Waals surface area contributed by atoms with Gasteiger partial charge in [-0.05, 0) is 0 Å². The van der Waals surface area contributed by atoms with E-state index in [1.807, 2.05) is 0 Å². The number of fused-ring (bicyclic) bond motifs is 1. The van der Waals surface area contributed by atoms with Crippen molar-refractivity contribution in [1.29, 1.82) is 0 Å². The van der Waals surface area contributed by atoms with Crippen LogP contribution in [0.3, 0.4) is 0 Å². The third-order valence-electron chi connectivity index (χ3n) is 2.56. The van der Waals surface area contributed by atoms with Crippen LogP contribution in [0.1, 0.15) is 16.7 Å². The molecule has 0 aliphatic rings. The summed E-state index contributed by atoms with van der Waals surface area (Å²) in [4.78, 5) is 2.31. The summed E-state index contributed by atoms with van der Waals surface area (Å²) in [5.74, 6) is 0. The first kappa shape index (κ1) is 8.09. The standard InChI is InChI=1S/C11H12Se/c1-7-6-10-4-5-12-11(10)9(3)8(7)2/h4-6H,1-3H3. The minimum absolute atomic E-state index is 0.595. The molecular weight excluding hydrogens is 211 g/mol. The zero-order valence-electron chi connectivity index (χ0n) is 7.64. The van der Waals surface area contributed by atoms with Crippen LogP contribution in [0.25, 0.3) is 9.65 Å². The molecule has 0 spiro atoms. The van der Waals surface area contributed by atoms with Crippen molar-refractivity contribution in [1.82, 2.24) is 0 Å². The molecule has 1 aromatic carbocycles. The van der Waals surface area contributed by atoms with Crippen molar-refractivity contribution in [2.24, 2.45) is 0 Å². The summed E-state index contributed by atoms with van der Waals surface area (Å²) in [6, 6.07) is 4.57. The van der Waals surface area contributed by atoms with E-state index in [-0.39, 0.29) is 0 Å². The van der Waals surface area contributed by atoms with Crippen molar-refractivity contribution in [3.8, 4) is 0 Å². The first-order valence-electron chi connectivity index (χ1n) is 4.14. The van der Waals surface area contributed by atoms with Gasteiger partial charge in [0.05, 0.1) is 0 Å². The molecule has 0 amide bonds. The van der Waals surface area contributed by atoms with Crippen LogP contribution in [0, 0.1) is 20.8 Å². The Morgan fingerprint density at radius 2 is 1.83 bits per heavy atom. The summed E-state index contributed by atoms with van der Waals surface area (Å²) in [5.41, 5.74) is 4.41. The van der Waals surface area contributed by atoms with Crippen molar-refractivity contribution in [3.63, 3.8) is 0 Å². The Bertz CT molecular complexity index is 424. The normalized spacial score (nSPS) is 10.9. The van der Waals surface area contributed by atoms with Crippen LogP contribution in [-0.4, -0.2) is 14.5 Å². The zero-order valence-corrected chi connectivity index (χ0v) is 9.35. The van der Waals surface area contributed by atoms with Gasteiger partial charge in [0.2, 0.25) is 0 Å². The maximum absolute atomic E-state index is 2.31. The molecule has 0 saturated carbocycles. The van der Waals surface area contributed by atoms with Gasteiger partial charge in [-0.15, -0.1) is 0 Å². The summed E-state index contributed by atoms with van der Waals surface area (Å²) in [6.07, 6.45) is 0. The summed E-state index contributed by atoms with van der Waals surface area (Å²) in [7, 11) is 0. The van der Waals surface area contributed by atoms with Gasteiger partial charge in [0, 0.05) is 0 Å². The summed E-state index contributed by atoms with van der Waals surface area (Å²) in [5, 5.41) is 1.45. The molecule has 0 nitrogen and oxygen atoms in total. The van der Waals surface area contributed by atoms with Gasteiger partial charge >= 0.3 is 78.7 Å². The molecule has 0 unspecified atom stereocenters. The topological polar surface area (TPSA) is 0 Å². The number of aryl methyl sites for hydroxylation is 2. The first-order valence-corrected chi connectivity index (χ1v) is 5.98. The molecule has 0 bridgehead atoms. The number of hydrogen-bond acceptors (Lipinski definition) is 0. The molecule has 1 aromatic heterocycles. The van der Waals surface area contributed by atoms with Gasteiger partial charge in [-0.25, -0.2) is 0 Å². The van der Waals surface area contributed by atoms with Crippen LogP contribution in [0.15, 0.2) is 17.1 Å². The minimum atomic E-state index is 0.595. The molecule has 0 saturated heterocycles. The van der Waals surface area contributed by atoms with Gasteiger partial charge in [-0.2, -0.15) is 0 Å².